The fraction of sp³-hybridized carbons (Fsp3) is 0.289. The molecule has 2 aromatic carbocycles. The van der Waals surface area contributed by atoms with Gasteiger partial charge < -0.3 is 19.4 Å². The molecular weight excluding hydrogens is 629 g/mol. The Balaban J connectivity index is 1.40. The van der Waals surface area contributed by atoms with E-state index >= 15 is 0 Å². The summed E-state index contributed by atoms with van der Waals surface area (Å²) in [6.07, 6.45) is 21.1. The van der Waals surface area contributed by atoms with Gasteiger partial charge in [-0.1, -0.05) is 82.6 Å². The number of rotatable bonds is 14. The van der Waals surface area contributed by atoms with Crippen LogP contribution >= 0.6 is 0 Å². The van der Waals surface area contributed by atoms with Crippen LogP contribution in [0.15, 0.2) is 78.9 Å². The number of aryl methyl sites for hydroxylation is 1. The summed E-state index contributed by atoms with van der Waals surface area (Å²) in [6, 6.07) is 27.2. The first-order chi connectivity index (χ1) is 25.1. The summed E-state index contributed by atoms with van der Waals surface area (Å²) in [7, 11) is 3.42. The number of hydrogen-bond acceptors (Lipinski definition) is 4. The Morgan fingerprint density at radius 2 is 1.10 bits per heavy atom. The molecule has 2 N–H and O–H groups in total. The standard InChI is InChI=1S/C45H48N4O2/c1-4-5-6-7-8-9-10-11-12-19-37-38-24-26-42(48-38)44(31-15-13-17-35(28-31)50-2)40-22-20-33(46-40)30-34-21-23-41(47-34)45(43-27-25-39(37)49-43)32-16-14-18-36(29-32)51-3/h13-18,20-30,46,49H,4-12,19H2,1-3H3. The van der Waals surface area contributed by atoms with Crippen LogP contribution in [0.3, 0.4) is 0 Å². The van der Waals surface area contributed by atoms with Crippen molar-refractivity contribution < 1.29 is 9.47 Å². The second-order valence-corrected chi connectivity index (χ2v) is 13.5. The number of hydrogen-bond donors (Lipinski definition) is 2. The molecule has 5 aromatic rings. The number of nitrogens with zero attached hydrogens (tertiary/aromatic N) is 2. The summed E-state index contributed by atoms with van der Waals surface area (Å²) >= 11 is 0. The predicted octanol–water partition coefficient (Wildman–Crippen LogP) is 12.1. The maximum atomic E-state index is 5.64. The zero-order valence-electron chi connectivity index (χ0n) is 30.1. The van der Waals surface area contributed by atoms with Crippen molar-refractivity contribution in [2.75, 3.05) is 14.2 Å². The van der Waals surface area contributed by atoms with E-state index in [2.05, 4.69) is 95.8 Å². The zero-order chi connectivity index (χ0) is 35.0. The lowest BCUT2D eigenvalue weighted by atomic mass is 10.0. The molecule has 0 spiro atoms. The monoisotopic (exact) mass is 676 g/mol. The van der Waals surface area contributed by atoms with Crippen LogP contribution in [0.4, 0.5) is 0 Å². The minimum atomic E-state index is 0.811. The van der Waals surface area contributed by atoms with Crippen molar-refractivity contribution in [1.82, 2.24) is 19.9 Å². The molecule has 5 heterocycles. The maximum absolute atomic E-state index is 5.64. The van der Waals surface area contributed by atoms with Gasteiger partial charge in [0.2, 0.25) is 0 Å². The van der Waals surface area contributed by atoms with Gasteiger partial charge in [-0.3, -0.25) is 0 Å². The highest BCUT2D eigenvalue weighted by molar-refractivity contribution is 5.94. The average Bonchev–Trinajstić information content (AvgIpc) is 4.00. The molecule has 0 saturated carbocycles. The summed E-state index contributed by atoms with van der Waals surface area (Å²) in [5, 5.41) is 0. The molecule has 260 valence electrons. The lowest BCUT2D eigenvalue weighted by molar-refractivity contribution is 0.415. The van der Waals surface area contributed by atoms with Crippen LogP contribution in [0.25, 0.3) is 68.6 Å². The van der Waals surface area contributed by atoms with Crippen molar-refractivity contribution in [3.8, 4) is 33.8 Å². The molecule has 6 nitrogen and oxygen atoms in total. The smallest absolute Gasteiger partial charge is 0.119 e. The minimum absolute atomic E-state index is 0.811. The molecule has 0 radical (unpaired) electrons. The van der Waals surface area contributed by atoms with Crippen molar-refractivity contribution in [2.45, 2.75) is 71.1 Å². The molecule has 0 amide bonds. The minimum Gasteiger partial charge on any atom is -0.497 e. The molecule has 8 bridgehead atoms. The predicted molar refractivity (Wildman–Crippen MR) is 214 cm³/mol. The number of nitrogens with one attached hydrogen (secondary N) is 2. The molecule has 3 aromatic heterocycles. The van der Waals surface area contributed by atoms with Crippen LogP contribution in [-0.4, -0.2) is 34.2 Å². The number of benzene rings is 2. The Labute approximate surface area is 301 Å². The van der Waals surface area contributed by atoms with E-state index in [1.54, 1.807) is 14.2 Å². The third-order valence-corrected chi connectivity index (χ3v) is 9.93. The van der Waals surface area contributed by atoms with Crippen LogP contribution in [0.5, 0.6) is 11.5 Å². The molecule has 0 aliphatic carbocycles. The van der Waals surface area contributed by atoms with Gasteiger partial charge in [-0.25, -0.2) is 9.97 Å². The zero-order valence-corrected chi connectivity index (χ0v) is 30.1. The van der Waals surface area contributed by atoms with Crippen molar-refractivity contribution in [2.24, 2.45) is 0 Å². The summed E-state index contributed by atoms with van der Waals surface area (Å²) in [6.45, 7) is 2.28. The van der Waals surface area contributed by atoms with Crippen LogP contribution in [0, 0.1) is 0 Å². The van der Waals surface area contributed by atoms with E-state index in [-0.39, 0.29) is 0 Å². The highest BCUT2D eigenvalue weighted by Gasteiger charge is 2.16. The van der Waals surface area contributed by atoms with Crippen LogP contribution < -0.4 is 9.47 Å². The second kappa shape index (κ2) is 16.1. The van der Waals surface area contributed by atoms with Gasteiger partial charge in [0.25, 0.3) is 0 Å². The van der Waals surface area contributed by atoms with E-state index in [1.165, 1.54) is 56.9 Å². The van der Waals surface area contributed by atoms with Gasteiger partial charge in [0, 0.05) is 38.8 Å². The van der Waals surface area contributed by atoms with Gasteiger partial charge in [-0.15, -0.1) is 0 Å². The van der Waals surface area contributed by atoms with Gasteiger partial charge in [0.15, 0.2) is 0 Å². The normalized spacial score (nSPS) is 12.1. The van der Waals surface area contributed by atoms with Gasteiger partial charge in [-0.05, 0) is 103 Å². The van der Waals surface area contributed by atoms with Crippen LogP contribution in [0.2, 0.25) is 0 Å². The highest BCUT2D eigenvalue weighted by Crippen LogP contribution is 2.35. The Morgan fingerprint density at radius 1 is 0.529 bits per heavy atom. The third-order valence-electron chi connectivity index (χ3n) is 9.93. The van der Waals surface area contributed by atoms with Crippen LogP contribution in [-0.2, 0) is 6.42 Å². The van der Waals surface area contributed by atoms with E-state index in [0.29, 0.717) is 0 Å². The molecular formula is C45H48N4O2. The largest absolute Gasteiger partial charge is 0.497 e. The van der Waals surface area contributed by atoms with E-state index in [1.807, 2.05) is 24.3 Å². The second-order valence-electron chi connectivity index (χ2n) is 13.5. The van der Waals surface area contributed by atoms with Gasteiger partial charge >= 0.3 is 0 Å². The number of methoxy groups -OCH3 is 2. The van der Waals surface area contributed by atoms with Gasteiger partial charge in [0.05, 0.1) is 37.0 Å². The number of fused-ring (bicyclic) bond motifs is 8. The molecule has 0 unspecified atom stereocenters. The van der Waals surface area contributed by atoms with Crippen molar-refractivity contribution >= 4 is 46.4 Å². The molecule has 2 aliphatic rings. The van der Waals surface area contributed by atoms with Crippen molar-refractivity contribution in [3.63, 3.8) is 0 Å². The summed E-state index contributed by atoms with van der Waals surface area (Å²) in [5.74, 6) is 1.62. The maximum Gasteiger partial charge on any atom is 0.119 e. The lowest BCUT2D eigenvalue weighted by Crippen LogP contribution is -1.93. The Hall–Kier alpha value is -5.36. The summed E-state index contributed by atoms with van der Waals surface area (Å²) < 4.78 is 11.3. The number of H-pyrrole nitrogens is 2. The fourth-order valence-electron chi connectivity index (χ4n) is 7.24. The molecule has 6 heteroatoms. The SMILES string of the molecule is CCCCCCCCCCCc1c2nc(c(-c3cccc(OC)c3)c3ccc(cc4nc(c(-c5cccc(OC)c5)c5ccc1[nH]5)C=C4)[nH]3)C=C2. The van der Waals surface area contributed by atoms with Crippen LogP contribution in [0.1, 0.15) is 93.1 Å². The first-order valence-corrected chi connectivity index (χ1v) is 18.5. The van der Waals surface area contributed by atoms with E-state index in [0.717, 1.165) is 91.4 Å². The quantitative estimate of drug-likeness (QED) is 0.112. The fourth-order valence-corrected chi connectivity index (χ4v) is 7.24. The van der Waals surface area contributed by atoms with Crippen molar-refractivity contribution in [3.05, 3.63) is 107 Å². The molecule has 0 fully saturated rings. The van der Waals surface area contributed by atoms with Crippen molar-refractivity contribution in [1.29, 1.82) is 0 Å². The van der Waals surface area contributed by atoms with Gasteiger partial charge in [-0.2, -0.15) is 0 Å². The Morgan fingerprint density at radius 3 is 1.78 bits per heavy atom. The topological polar surface area (TPSA) is 75.8 Å². The number of aromatic nitrogens is 4. The highest BCUT2D eigenvalue weighted by atomic mass is 16.5. The van der Waals surface area contributed by atoms with Gasteiger partial charge in [0.1, 0.15) is 11.5 Å². The number of unbranched alkanes of at least 4 members (excludes halogenated alkanes) is 8. The first-order valence-electron chi connectivity index (χ1n) is 18.5. The number of ether oxygens (including phenoxy) is 2. The molecule has 0 saturated heterocycles. The Bertz CT molecular complexity index is 2180. The molecule has 2 aliphatic heterocycles. The average molecular weight is 677 g/mol. The molecule has 7 rings (SSSR count). The first kappa shape index (κ1) is 34.1. The lowest BCUT2D eigenvalue weighted by Gasteiger charge is -2.07. The van der Waals surface area contributed by atoms with E-state index in [9.17, 15) is 0 Å². The molecule has 0 atom stereocenters. The Kier molecular flexibility index (Phi) is 10.8. The molecule has 51 heavy (non-hydrogen) atoms. The van der Waals surface area contributed by atoms with E-state index < -0.39 is 0 Å². The summed E-state index contributed by atoms with van der Waals surface area (Å²) in [5.41, 5.74) is 13.2. The third kappa shape index (κ3) is 7.86. The van der Waals surface area contributed by atoms with E-state index in [4.69, 9.17) is 19.4 Å². The summed E-state index contributed by atoms with van der Waals surface area (Å²) in [4.78, 5) is 18.0. The number of aromatic amines is 2.